The van der Waals surface area contributed by atoms with Crippen molar-refractivity contribution in [3.05, 3.63) is 89.8 Å². The van der Waals surface area contributed by atoms with E-state index in [0.717, 1.165) is 19.5 Å². The van der Waals surface area contributed by atoms with Crippen LogP contribution in [0.1, 0.15) is 40.9 Å². The van der Waals surface area contributed by atoms with Gasteiger partial charge in [0.2, 0.25) is 0 Å². The highest BCUT2D eigenvalue weighted by Crippen LogP contribution is 2.30. The SMILES string of the molecule is C=C/C=C(\C(=C)C(C)C)c1ccc2c(c1)CCN(C)C2.CNc1cnccc1C(=O)O. The van der Waals surface area contributed by atoms with Gasteiger partial charge >= 0.3 is 5.97 Å². The number of carboxylic acid groups (broad SMARTS) is 1. The van der Waals surface area contributed by atoms with E-state index in [-0.39, 0.29) is 5.56 Å². The molecule has 0 saturated carbocycles. The summed E-state index contributed by atoms with van der Waals surface area (Å²) in [6, 6.07) is 8.28. The lowest BCUT2D eigenvalue weighted by Crippen LogP contribution is -2.26. The van der Waals surface area contributed by atoms with E-state index in [2.05, 4.69) is 73.5 Å². The Labute approximate surface area is 185 Å². The van der Waals surface area contributed by atoms with E-state index in [1.54, 1.807) is 7.05 Å². The van der Waals surface area contributed by atoms with Gasteiger partial charge in [0.1, 0.15) is 0 Å². The van der Waals surface area contributed by atoms with Crippen LogP contribution in [0, 0.1) is 5.92 Å². The van der Waals surface area contributed by atoms with Crippen molar-refractivity contribution in [3.63, 3.8) is 0 Å². The van der Waals surface area contributed by atoms with E-state index in [1.807, 2.05) is 6.08 Å². The van der Waals surface area contributed by atoms with Crippen LogP contribution >= 0.6 is 0 Å². The first-order valence-electron chi connectivity index (χ1n) is 10.5. The largest absolute Gasteiger partial charge is 0.478 e. The number of nitrogens with one attached hydrogen (secondary N) is 1. The van der Waals surface area contributed by atoms with Gasteiger partial charge in [-0.2, -0.15) is 0 Å². The number of nitrogens with zero attached hydrogens (tertiary/aromatic N) is 2. The van der Waals surface area contributed by atoms with Crippen molar-refractivity contribution in [2.75, 3.05) is 26.0 Å². The lowest BCUT2D eigenvalue weighted by Gasteiger charge is -2.26. The van der Waals surface area contributed by atoms with Crippen LogP contribution in [0.5, 0.6) is 0 Å². The zero-order chi connectivity index (χ0) is 23.0. The minimum Gasteiger partial charge on any atom is -0.478 e. The molecule has 5 nitrogen and oxygen atoms in total. The molecule has 3 rings (SSSR count). The molecule has 164 valence electrons. The third-order valence-electron chi connectivity index (χ3n) is 5.37. The molecule has 1 aliphatic heterocycles. The second-order valence-electron chi connectivity index (χ2n) is 7.94. The number of hydrogen-bond acceptors (Lipinski definition) is 4. The van der Waals surface area contributed by atoms with E-state index in [4.69, 9.17) is 5.11 Å². The van der Waals surface area contributed by atoms with Crippen molar-refractivity contribution in [3.8, 4) is 0 Å². The summed E-state index contributed by atoms with van der Waals surface area (Å²) in [4.78, 5) is 16.7. The maximum Gasteiger partial charge on any atom is 0.337 e. The van der Waals surface area contributed by atoms with Crippen LogP contribution in [-0.2, 0) is 13.0 Å². The van der Waals surface area contributed by atoms with Gasteiger partial charge < -0.3 is 15.3 Å². The Morgan fingerprint density at radius 2 is 2.03 bits per heavy atom. The molecule has 2 heterocycles. The number of hydrogen-bond donors (Lipinski definition) is 2. The van der Waals surface area contributed by atoms with Crippen LogP contribution in [0.3, 0.4) is 0 Å². The molecule has 0 saturated heterocycles. The number of benzene rings is 1. The molecule has 2 N–H and O–H groups in total. The number of anilines is 1. The van der Waals surface area contributed by atoms with Gasteiger partial charge in [-0.15, -0.1) is 0 Å². The summed E-state index contributed by atoms with van der Waals surface area (Å²) in [7, 11) is 3.84. The molecule has 31 heavy (non-hydrogen) atoms. The summed E-state index contributed by atoms with van der Waals surface area (Å²) in [6.45, 7) is 14.7. The van der Waals surface area contributed by atoms with Crippen LogP contribution < -0.4 is 5.32 Å². The van der Waals surface area contributed by atoms with E-state index in [0.29, 0.717) is 11.6 Å². The smallest absolute Gasteiger partial charge is 0.337 e. The Morgan fingerprint density at radius 3 is 2.61 bits per heavy atom. The molecular formula is C26H33N3O2. The summed E-state index contributed by atoms with van der Waals surface area (Å²) < 4.78 is 0. The van der Waals surface area contributed by atoms with Crippen molar-refractivity contribution < 1.29 is 9.90 Å². The van der Waals surface area contributed by atoms with Crippen LogP contribution in [0.25, 0.3) is 5.57 Å². The average molecular weight is 420 g/mol. The predicted octanol–water partition coefficient (Wildman–Crippen LogP) is 5.28. The second-order valence-corrected chi connectivity index (χ2v) is 7.94. The normalized spacial score (nSPS) is 13.6. The molecule has 0 radical (unpaired) electrons. The second kappa shape index (κ2) is 11.3. The van der Waals surface area contributed by atoms with Crippen molar-refractivity contribution >= 4 is 17.2 Å². The summed E-state index contributed by atoms with van der Waals surface area (Å²) in [5.41, 5.74) is 7.37. The zero-order valence-electron chi connectivity index (χ0n) is 19.0. The lowest BCUT2D eigenvalue weighted by atomic mass is 9.88. The molecule has 1 aliphatic rings. The van der Waals surface area contributed by atoms with Crippen LogP contribution in [-0.4, -0.2) is 41.6 Å². The fourth-order valence-electron chi connectivity index (χ4n) is 3.46. The highest BCUT2D eigenvalue weighted by molar-refractivity contribution is 5.93. The van der Waals surface area contributed by atoms with Gasteiger partial charge in [-0.05, 0) is 53.3 Å². The number of pyridine rings is 1. The van der Waals surface area contributed by atoms with E-state index in [9.17, 15) is 4.79 Å². The van der Waals surface area contributed by atoms with Crippen LogP contribution in [0.15, 0.2) is 67.5 Å². The van der Waals surface area contributed by atoms with E-state index < -0.39 is 5.97 Å². The highest BCUT2D eigenvalue weighted by Gasteiger charge is 2.15. The van der Waals surface area contributed by atoms with Crippen molar-refractivity contribution in [1.82, 2.24) is 9.88 Å². The quantitative estimate of drug-likeness (QED) is 0.624. The monoisotopic (exact) mass is 419 g/mol. The summed E-state index contributed by atoms with van der Waals surface area (Å²) in [5.74, 6) is -0.500. The van der Waals surface area contributed by atoms with Gasteiger partial charge in [-0.3, -0.25) is 4.98 Å². The molecule has 1 aromatic carbocycles. The summed E-state index contributed by atoms with van der Waals surface area (Å²) in [5, 5.41) is 11.4. The fraction of sp³-hybridized carbons (Fsp3) is 0.308. The minimum absolute atomic E-state index is 0.238. The maximum atomic E-state index is 10.5. The van der Waals surface area contributed by atoms with E-state index >= 15 is 0 Å². The number of aromatic carboxylic acids is 1. The molecule has 0 fully saturated rings. The maximum absolute atomic E-state index is 10.5. The molecule has 0 unspecified atom stereocenters. The number of carbonyl (C=O) groups is 1. The predicted molar refractivity (Wildman–Crippen MR) is 129 cm³/mol. The van der Waals surface area contributed by atoms with Crippen LogP contribution in [0.4, 0.5) is 5.69 Å². The van der Waals surface area contributed by atoms with Gasteiger partial charge in [0.25, 0.3) is 0 Å². The first-order valence-corrected chi connectivity index (χ1v) is 10.5. The molecule has 0 spiro atoms. The zero-order valence-corrected chi connectivity index (χ0v) is 19.0. The first-order chi connectivity index (χ1) is 14.8. The number of aromatic nitrogens is 1. The lowest BCUT2D eigenvalue weighted by molar-refractivity contribution is 0.0698. The molecule has 0 aliphatic carbocycles. The Hall–Kier alpha value is -3.18. The summed E-state index contributed by atoms with van der Waals surface area (Å²) in [6.07, 6.45) is 8.00. The van der Waals surface area contributed by atoms with Gasteiger partial charge in [0.15, 0.2) is 0 Å². The average Bonchev–Trinajstić information content (AvgIpc) is 2.77. The standard InChI is InChI=1S/C19H25N.C7H8N2O2/c1-6-7-19(15(4)14(2)3)17-8-9-18-13-20(5)11-10-16(18)12-17;1-8-6-4-9-3-2-5(6)7(10)11/h6-9,12,14H,1,4,10-11,13H2,2-3,5H3;2-4,8H,1H3,(H,10,11)/b19-7+;. The third kappa shape index (κ3) is 6.40. The van der Waals surface area contributed by atoms with Gasteiger partial charge in [-0.25, -0.2) is 4.79 Å². The highest BCUT2D eigenvalue weighted by atomic mass is 16.4. The molecule has 0 atom stereocenters. The molecular weight excluding hydrogens is 386 g/mol. The van der Waals surface area contributed by atoms with E-state index in [1.165, 1.54) is 46.3 Å². The Morgan fingerprint density at radius 1 is 1.29 bits per heavy atom. The first kappa shape index (κ1) is 24.1. The topological polar surface area (TPSA) is 65.5 Å². The number of likely N-dealkylation sites (N-methyl/N-ethyl adjacent to an activating group) is 1. The van der Waals surface area contributed by atoms with Gasteiger partial charge in [-0.1, -0.05) is 57.4 Å². The molecule has 1 aromatic heterocycles. The molecule has 0 amide bonds. The van der Waals surface area contributed by atoms with Crippen molar-refractivity contribution in [2.45, 2.75) is 26.8 Å². The third-order valence-corrected chi connectivity index (χ3v) is 5.37. The summed E-state index contributed by atoms with van der Waals surface area (Å²) >= 11 is 0. The Balaban J connectivity index is 0.000000262. The molecule has 5 heteroatoms. The number of allylic oxidation sites excluding steroid dienone is 4. The van der Waals surface area contributed by atoms with Crippen LogP contribution in [0.2, 0.25) is 0 Å². The van der Waals surface area contributed by atoms with Gasteiger partial charge in [0, 0.05) is 26.3 Å². The van der Waals surface area contributed by atoms with Crippen molar-refractivity contribution in [2.24, 2.45) is 5.92 Å². The molecule has 0 bridgehead atoms. The Kier molecular flexibility index (Phi) is 8.76. The number of rotatable bonds is 6. The fourth-order valence-corrected chi connectivity index (χ4v) is 3.46. The number of fused-ring (bicyclic) bond motifs is 1. The Bertz CT molecular complexity index is 976. The minimum atomic E-state index is -0.947. The molecule has 2 aromatic rings. The van der Waals surface area contributed by atoms with Gasteiger partial charge in [0.05, 0.1) is 17.4 Å². The van der Waals surface area contributed by atoms with Crippen molar-refractivity contribution in [1.29, 1.82) is 0 Å². The number of carboxylic acids is 1.